The van der Waals surface area contributed by atoms with Crippen molar-refractivity contribution in [1.29, 1.82) is 0 Å². The number of anilines is 1. The predicted octanol–water partition coefficient (Wildman–Crippen LogP) is 2.40. The number of ether oxygens (including phenoxy) is 2. The second-order valence-corrected chi connectivity index (χ2v) is 7.47. The molecule has 0 spiro atoms. The van der Waals surface area contributed by atoms with Crippen molar-refractivity contribution < 1.29 is 17.9 Å². The van der Waals surface area contributed by atoms with Gasteiger partial charge in [-0.25, -0.2) is 13.6 Å². The molecule has 2 rings (SSSR count). The summed E-state index contributed by atoms with van der Waals surface area (Å²) in [5, 5.41) is 11.6. The summed E-state index contributed by atoms with van der Waals surface area (Å²) in [6.07, 6.45) is 0. The summed E-state index contributed by atoms with van der Waals surface area (Å²) < 4.78 is 33.2. The molecular formula is C17H21N3O4S2. The SMILES string of the molecule is COc1ccc(OC)c([C@@H](C)NC(=S)Nc2ccc(S(N)(=O)=O)cc2)c1. The van der Waals surface area contributed by atoms with Crippen molar-refractivity contribution in [3.8, 4) is 11.5 Å². The lowest BCUT2D eigenvalue weighted by Gasteiger charge is -2.20. The van der Waals surface area contributed by atoms with Crippen LogP contribution in [-0.4, -0.2) is 27.7 Å². The number of sulfonamides is 1. The summed E-state index contributed by atoms with van der Waals surface area (Å²) in [5.41, 5.74) is 1.53. The third kappa shape index (κ3) is 5.07. The van der Waals surface area contributed by atoms with Gasteiger partial charge in [0.2, 0.25) is 10.0 Å². The van der Waals surface area contributed by atoms with Crippen LogP contribution in [0.3, 0.4) is 0 Å². The number of benzene rings is 2. The van der Waals surface area contributed by atoms with E-state index in [0.29, 0.717) is 22.3 Å². The van der Waals surface area contributed by atoms with Gasteiger partial charge >= 0.3 is 0 Å². The summed E-state index contributed by atoms with van der Waals surface area (Å²) >= 11 is 5.32. The normalized spacial score (nSPS) is 12.2. The van der Waals surface area contributed by atoms with Gasteiger partial charge in [-0.3, -0.25) is 0 Å². The fraction of sp³-hybridized carbons (Fsp3) is 0.235. The van der Waals surface area contributed by atoms with Crippen LogP contribution < -0.4 is 25.2 Å². The highest BCUT2D eigenvalue weighted by atomic mass is 32.2. The van der Waals surface area contributed by atoms with Crippen molar-refractivity contribution in [2.75, 3.05) is 19.5 Å². The lowest BCUT2D eigenvalue weighted by atomic mass is 10.1. The van der Waals surface area contributed by atoms with Crippen LogP contribution in [0.2, 0.25) is 0 Å². The number of nitrogens with one attached hydrogen (secondary N) is 2. The van der Waals surface area contributed by atoms with Crippen molar-refractivity contribution in [2.24, 2.45) is 5.14 Å². The Labute approximate surface area is 158 Å². The molecule has 0 heterocycles. The van der Waals surface area contributed by atoms with E-state index in [0.717, 1.165) is 5.56 Å². The van der Waals surface area contributed by atoms with Crippen LogP contribution in [0.5, 0.6) is 11.5 Å². The Kier molecular flexibility index (Phi) is 6.41. The molecule has 0 saturated carbocycles. The van der Waals surface area contributed by atoms with E-state index >= 15 is 0 Å². The fourth-order valence-electron chi connectivity index (χ4n) is 2.35. The lowest BCUT2D eigenvalue weighted by molar-refractivity contribution is 0.395. The fourth-order valence-corrected chi connectivity index (χ4v) is 3.16. The van der Waals surface area contributed by atoms with Crippen LogP contribution in [0.15, 0.2) is 47.4 Å². The zero-order valence-electron chi connectivity index (χ0n) is 14.6. The molecule has 0 aliphatic rings. The quantitative estimate of drug-likeness (QED) is 0.645. The Morgan fingerprint density at radius 3 is 2.31 bits per heavy atom. The second kappa shape index (κ2) is 8.35. The van der Waals surface area contributed by atoms with Gasteiger partial charge in [0.15, 0.2) is 5.11 Å². The summed E-state index contributed by atoms with van der Waals surface area (Å²) in [6, 6.07) is 11.4. The van der Waals surface area contributed by atoms with Gasteiger partial charge < -0.3 is 20.1 Å². The number of hydrogen-bond donors (Lipinski definition) is 3. The molecule has 1 atom stereocenters. The van der Waals surface area contributed by atoms with E-state index in [1.54, 1.807) is 26.4 Å². The lowest BCUT2D eigenvalue weighted by Crippen LogP contribution is -2.31. The molecule has 0 unspecified atom stereocenters. The third-order valence-electron chi connectivity index (χ3n) is 3.69. The van der Waals surface area contributed by atoms with Crippen molar-refractivity contribution in [2.45, 2.75) is 17.9 Å². The molecule has 0 aliphatic carbocycles. The topological polar surface area (TPSA) is 103 Å². The van der Waals surface area contributed by atoms with Crippen LogP contribution in [0.25, 0.3) is 0 Å². The van der Waals surface area contributed by atoms with Gasteiger partial charge in [-0.2, -0.15) is 0 Å². The van der Waals surface area contributed by atoms with Crippen molar-refractivity contribution >= 4 is 33.0 Å². The van der Waals surface area contributed by atoms with Gasteiger partial charge in [0, 0.05) is 11.3 Å². The second-order valence-electron chi connectivity index (χ2n) is 5.50. The maximum absolute atomic E-state index is 11.3. The van der Waals surface area contributed by atoms with Gasteiger partial charge in [0.05, 0.1) is 25.2 Å². The molecule has 0 bridgehead atoms. The molecule has 0 aromatic heterocycles. The molecule has 0 radical (unpaired) electrons. The maximum Gasteiger partial charge on any atom is 0.238 e. The molecule has 7 nitrogen and oxygen atoms in total. The molecule has 9 heteroatoms. The Morgan fingerprint density at radius 2 is 1.77 bits per heavy atom. The Morgan fingerprint density at radius 1 is 1.12 bits per heavy atom. The predicted molar refractivity (Wildman–Crippen MR) is 105 cm³/mol. The third-order valence-corrected chi connectivity index (χ3v) is 4.84. The van der Waals surface area contributed by atoms with Gasteiger partial charge in [-0.1, -0.05) is 0 Å². The van der Waals surface area contributed by atoms with Gasteiger partial charge in [0.1, 0.15) is 11.5 Å². The summed E-state index contributed by atoms with van der Waals surface area (Å²) in [7, 11) is -0.522. The van der Waals surface area contributed by atoms with Gasteiger partial charge in [-0.05, 0) is 61.6 Å². The van der Waals surface area contributed by atoms with E-state index in [-0.39, 0.29) is 10.9 Å². The number of primary sulfonamides is 1. The molecule has 0 fully saturated rings. The maximum atomic E-state index is 11.3. The van der Waals surface area contributed by atoms with Crippen LogP contribution in [0, 0.1) is 0 Å². The highest BCUT2D eigenvalue weighted by molar-refractivity contribution is 7.89. The van der Waals surface area contributed by atoms with E-state index in [9.17, 15) is 8.42 Å². The molecule has 26 heavy (non-hydrogen) atoms. The largest absolute Gasteiger partial charge is 0.497 e. The van der Waals surface area contributed by atoms with E-state index in [4.69, 9.17) is 26.8 Å². The van der Waals surface area contributed by atoms with Crippen LogP contribution in [0.4, 0.5) is 5.69 Å². The zero-order chi connectivity index (χ0) is 19.3. The number of methoxy groups -OCH3 is 2. The van der Waals surface area contributed by atoms with Crippen molar-refractivity contribution in [1.82, 2.24) is 5.32 Å². The molecular weight excluding hydrogens is 374 g/mol. The Hall–Kier alpha value is -2.36. The van der Waals surface area contributed by atoms with Crippen molar-refractivity contribution in [3.63, 3.8) is 0 Å². The molecule has 140 valence electrons. The number of hydrogen-bond acceptors (Lipinski definition) is 5. The van der Waals surface area contributed by atoms with Crippen molar-refractivity contribution in [3.05, 3.63) is 48.0 Å². The molecule has 4 N–H and O–H groups in total. The minimum Gasteiger partial charge on any atom is -0.497 e. The monoisotopic (exact) mass is 395 g/mol. The van der Waals surface area contributed by atoms with Crippen LogP contribution in [0.1, 0.15) is 18.5 Å². The number of thiocarbonyl (C=S) groups is 1. The molecule has 2 aromatic rings. The number of nitrogens with two attached hydrogens (primary N) is 1. The van der Waals surface area contributed by atoms with Crippen LogP contribution in [-0.2, 0) is 10.0 Å². The highest BCUT2D eigenvalue weighted by Crippen LogP contribution is 2.29. The Balaban J connectivity index is 2.08. The first-order chi connectivity index (χ1) is 12.2. The summed E-state index contributed by atoms with van der Waals surface area (Å²) in [4.78, 5) is 0.0383. The molecule has 0 amide bonds. The van der Waals surface area contributed by atoms with E-state index < -0.39 is 10.0 Å². The first-order valence-electron chi connectivity index (χ1n) is 7.67. The van der Waals surface area contributed by atoms with Gasteiger partial charge in [0.25, 0.3) is 0 Å². The first kappa shape index (κ1) is 20.0. The minimum absolute atomic E-state index is 0.0383. The van der Waals surface area contributed by atoms with E-state index in [2.05, 4.69) is 10.6 Å². The van der Waals surface area contributed by atoms with Gasteiger partial charge in [-0.15, -0.1) is 0 Å². The highest BCUT2D eigenvalue weighted by Gasteiger charge is 2.14. The standard InChI is InChI=1S/C17H21N3O4S2/c1-11(15-10-13(23-2)6-9-16(15)24-3)19-17(25)20-12-4-7-14(8-5-12)26(18,21)22/h4-11H,1-3H3,(H2,18,21,22)(H2,19,20,25)/t11-/m1/s1. The number of rotatable bonds is 6. The molecule has 0 saturated heterocycles. The average Bonchev–Trinajstić information content (AvgIpc) is 2.60. The summed E-state index contributed by atoms with van der Waals surface area (Å²) in [6.45, 7) is 1.94. The van der Waals surface area contributed by atoms with E-state index in [1.165, 1.54) is 12.1 Å². The molecule has 2 aromatic carbocycles. The van der Waals surface area contributed by atoms with Crippen LogP contribution >= 0.6 is 12.2 Å². The average molecular weight is 396 g/mol. The Bertz CT molecular complexity index is 883. The van der Waals surface area contributed by atoms with E-state index in [1.807, 2.05) is 25.1 Å². The smallest absolute Gasteiger partial charge is 0.238 e. The minimum atomic E-state index is -3.72. The first-order valence-corrected chi connectivity index (χ1v) is 9.62. The molecule has 0 aliphatic heterocycles. The summed E-state index contributed by atoms with van der Waals surface area (Å²) in [5.74, 6) is 1.43. The zero-order valence-corrected chi connectivity index (χ0v) is 16.3.